The first kappa shape index (κ1) is 24.3. The van der Waals surface area contributed by atoms with Gasteiger partial charge < -0.3 is 8.80 Å². The SMILES string of the molecule is Cc1c2c3c4c(cc5c6ccccc6n(c2c(C)c2c1c1c6c(cc7c8ccccc8n2c71)-c1ccccc1C6)c53)-c1ccccc1C4. The third kappa shape index (κ3) is 2.46. The van der Waals surface area contributed by atoms with E-state index in [4.69, 9.17) is 0 Å². The van der Waals surface area contributed by atoms with E-state index in [0.717, 1.165) is 12.8 Å². The molecule has 11 aromatic rings. The van der Waals surface area contributed by atoms with E-state index < -0.39 is 0 Å². The number of aryl methyl sites for hydroxylation is 2. The molecule has 0 saturated carbocycles. The molecule has 0 unspecified atom stereocenters. The lowest BCUT2D eigenvalue weighted by molar-refractivity contribution is 1.28. The van der Waals surface area contributed by atoms with E-state index in [-0.39, 0.29) is 0 Å². The zero-order valence-electron chi connectivity index (χ0n) is 26.7. The van der Waals surface area contributed by atoms with Crippen molar-refractivity contribution in [2.24, 2.45) is 0 Å². The Kier molecular flexibility index (Phi) is 3.96. The van der Waals surface area contributed by atoms with E-state index in [1.165, 1.54) is 132 Å². The summed E-state index contributed by atoms with van der Waals surface area (Å²) in [6.45, 7) is 4.83. The summed E-state index contributed by atoms with van der Waals surface area (Å²) in [5.74, 6) is 0. The number of para-hydroxylation sites is 2. The third-order valence-corrected chi connectivity index (χ3v) is 12.4. The van der Waals surface area contributed by atoms with Crippen LogP contribution in [0.3, 0.4) is 0 Å². The average Bonchev–Trinajstić information content (AvgIpc) is 3.95. The smallest absolute Gasteiger partial charge is 0.0624 e. The summed E-state index contributed by atoms with van der Waals surface area (Å²) in [6.07, 6.45) is 1.97. The second kappa shape index (κ2) is 7.81. The molecule has 222 valence electrons. The van der Waals surface area contributed by atoms with Gasteiger partial charge in [0.1, 0.15) is 0 Å². The summed E-state index contributed by atoms with van der Waals surface area (Å²) in [5, 5.41) is 11.2. The minimum atomic E-state index is 0.984. The summed E-state index contributed by atoms with van der Waals surface area (Å²) in [7, 11) is 0. The molecule has 0 N–H and O–H groups in total. The highest BCUT2D eigenvalue weighted by molar-refractivity contribution is 6.33. The van der Waals surface area contributed by atoms with Crippen LogP contribution in [0.25, 0.3) is 98.4 Å². The number of rotatable bonds is 0. The van der Waals surface area contributed by atoms with Gasteiger partial charge >= 0.3 is 0 Å². The number of hydrogen-bond acceptors (Lipinski definition) is 0. The van der Waals surface area contributed by atoms with E-state index in [1.807, 2.05) is 0 Å². The fourth-order valence-electron chi connectivity index (χ4n) is 10.6. The minimum Gasteiger partial charge on any atom is -0.308 e. The maximum Gasteiger partial charge on any atom is 0.0624 e. The number of nitrogens with zero attached hydrogens (tertiary/aromatic N) is 2. The Labute approximate surface area is 275 Å². The summed E-state index contributed by atoms with van der Waals surface area (Å²) < 4.78 is 5.26. The molecule has 2 heteroatoms. The number of fused-ring (bicyclic) bond motifs is 20. The highest BCUT2D eigenvalue weighted by Gasteiger charge is 2.33. The van der Waals surface area contributed by atoms with Crippen LogP contribution in [0, 0.1) is 13.8 Å². The molecule has 4 heterocycles. The Morgan fingerprint density at radius 1 is 0.396 bits per heavy atom. The number of benzene rings is 7. The molecule has 0 radical (unpaired) electrons. The van der Waals surface area contributed by atoms with Crippen molar-refractivity contribution in [1.82, 2.24) is 8.80 Å². The van der Waals surface area contributed by atoms with E-state index in [1.54, 1.807) is 0 Å². The molecule has 0 spiro atoms. The van der Waals surface area contributed by atoms with Crippen molar-refractivity contribution in [2.75, 3.05) is 0 Å². The quantitative estimate of drug-likeness (QED) is 0.162. The van der Waals surface area contributed by atoms with Crippen LogP contribution in [0.4, 0.5) is 0 Å². The molecule has 2 aliphatic rings. The van der Waals surface area contributed by atoms with Crippen LogP contribution in [-0.2, 0) is 12.8 Å². The van der Waals surface area contributed by atoms with Crippen LogP contribution < -0.4 is 0 Å². The van der Waals surface area contributed by atoms with Gasteiger partial charge in [0.2, 0.25) is 0 Å². The van der Waals surface area contributed by atoms with Crippen molar-refractivity contribution >= 4 is 76.2 Å². The summed E-state index contributed by atoms with van der Waals surface area (Å²) in [5.41, 5.74) is 22.4. The maximum atomic E-state index is 2.63. The molecule has 2 nitrogen and oxygen atoms in total. The zero-order chi connectivity index (χ0) is 31.2. The molecule has 0 amide bonds. The molecule has 48 heavy (non-hydrogen) atoms. The molecule has 2 aliphatic carbocycles. The molecule has 0 bridgehead atoms. The van der Waals surface area contributed by atoms with Gasteiger partial charge in [-0.25, -0.2) is 0 Å². The van der Waals surface area contributed by atoms with Crippen molar-refractivity contribution < 1.29 is 0 Å². The van der Waals surface area contributed by atoms with Crippen LogP contribution >= 0.6 is 0 Å². The Balaban J connectivity index is 1.34. The largest absolute Gasteiger partial charge is 0.308 e. The van der Waals surface area contributed by atoms with Gasteiger partial charge in [-0.3, -0.25) is 0 Å². The van der Waals surface area contributed by atoms with Crippen molar-refractivity contribution in [3.05, 3.63) is 143 Å². The molecule has 0 aliphatic heterocycles. The fourth-order valence-corrected chi connectivity index (χ4v) is 10.6. The normalized spacial score (nSPS) is 13.9. The Morgan fingerprint density at radius 3 is 1.33 bits per heavy atom. The van der Waals surface area contributed by atoms with Crippen molar-refractivity contribution in [3.8, 4) is 22.3 Å². The van der Waals surface area contributed by atoms with E-state index in [9.17, 15) is 0 Å². The predicted molar refractivity (Wildman–Crippen MR) is 202 cm³/mol. The van der Waals surface area contributed by atoms with Crippen LogP contribution in [0.2, 0.25) is 0 Å². The van der Waals surface area contributed by atoms with Crippen LogP contribution in [0.5, 0.6) is 0 Å². The first-order valence-electron chi connectivity index (χ1n) is 17.2. The summed E-state index contributed by atoms with van der Waals surface area (Å²) in [4.78, 5) is 0. The van der Waals surface area contributed by atoms with Crippen molar-refractivity contribution in [1.29, 1.82) is 0 Å². The molecular weight excluding hydrogens is 581 g/mol. The van der Waals surface area contributed by atoms with Gasteiger partial charge in [0.05, 0.1) is 33.1 Å². The minimum absolute atomic E-state index is 0.984. The molecule has 4 aromatic heterocycles. The Hall–Kier alpha value is -5.86. The Morgan fingerprint density at radius 2 is 0.833 bits per heavy atom. The van der Waals surface area contributed by atoms with Crippen LogP contribution in [0.15, 0.2) is 109 Å². The predicted octanol–water partition coefficient (Wildman–Crippen LogP) is 11.7. The standard InChI is InChI=1S/C46H28N2/c1-23-39-41-33-19-25-11-3-5-13-27(25)31(33)21-35-29-15-7-9-17-37(29)47(45(35)41)43(39)24(2)44-40(23)42-34-20-26-12-4-6-14-28(26)32(34)22-36-30-16-8-10-18-38(30)48(44)46(36)42/h3-18,21-22H,19-20H2,1-2H3. The molecule has 0 atom stereocenters. The van der Waals surface area contributed by atoms with Crippen molar-refractivity contribution in [3.63, 3.8) is 0 Å². The van der Waals surface area contributed by atoms with Gasteiger partial charge in [-0.1, -0.05) is 84.9 Å². The van der Waals surface area contributed by atoms with Crippen LogP contribution in [0.1, 0.15) is 33.4 Å². The molecular formula is C46H28N2. The van der Waals surface area contributed by atoms with E-state index in [0.29, 0.717) is 0 Å². The summed E-state index contributed by atoms with van der Waals surface area (Å²) >= 11 is 0. The molecule has 0 saturated heterocycles. The van der Waals surface area contributed by atoms with Crippen LogP contribution in [-0.4, -0.2) is 8.80 Å². The van der Waals surface area contributed by atoms with Gasteiger partial charge in [-0.15, -0.1) is 0 Å². The average molecular weight is 609 g/mol. The molecule has 0 fully saturated rings. The van der Waals surface area contributed by atoms with E-state index >= 15 is 0 Å². The first-order chi connectivity index (χ1) is 23.7. The van der Waals surface area contributed by atoms with E-state index in [2.05, 4.69) is 132 Å². The van der Waals surface area contributed by atoms with Gasteiger partial charge in [0.15, 0.2) is 0 Å². The lowest BCUT2D eigenvalue weighted by atomic mass is 9.91. The lowest BCUT2D eigenvalue weighted by Gasteiger charge is -2.12. The zero-order valence-corrected chi connectivity index (χ0v) is 26.7. The number of hydrogen-bond donors (Lipinski definition) is 0. The second-order valence-electron chi connectivity index (χ2n) is 14.4. The molecule has 13 rings (SSSR count). The van der Waals surface area contributed by atoms with Gasteiger partial charge in [-0.05, 0) is 107 Å². The second-order valence-corrected chi connectivity index (χ2v) is 14.4. The first-order valence-corrected chi connectivity index (χ1v) is 17.2. The lowest BCUT2D eigenvalue weighted by Crippen LogP contribution is -1.92. The maximum absolute atomic E-state index is 2.63. The van der Waals surface area contributed by atoms with Gasteiger partial charge in [0.25, 0.3) is 0 Å². The number of aromatic nitrogens is 2. The Bertz CT molecular complexity index is 3070. The highest BCUT2D eigenvalue weighted by atomic mass is 14.9. The third-order valence-electron chi connectivity index (χ3n) is 12.4. The van der Waals surface area contributed by atoms with Gasteiger partial charge in [0, 0.05) is 43.1 Å². The highest BCUT2D eigenvalue weighted by Crippen LogP contribution is 2.54. The van der Waals surface area contributed by atoms with Crippen molar-refractivity contribution in [2.45, 2.75) is 26.7 Å². The molecule has 7 aromatic carbocycles. The topological polar surface area (TPSA) is 8.82 Å². The monoisotopic (exact) mass is 608 g/mol. The van der Waals surface area contributed by atoms with Gasteiger partial charge in [-0.2, -0.15) is 0 Å². The fraction of sp³-hybridized carbons (Fsp3) is 0.0870. The summed E-state index contributed by atoms with van der Waals surface area (Å²) in [6, 6.07) is 41.3.